The van der Waals surface area contributed by atoms with E-state index < -0.39 is 0 Å². The van der Waals surface area contributed by atoms with Gasteiger partial charge < -0.3 is 4.52 Å². The van der Waals surface area contributed by atoms with Gasteiger partial charge in [0.05, 0.1) is 5.56 Å². The Morgan fingerprint density at radius 3 is 2.79 bits per heavy atom. The van der Waals surface area contributed by atoms with E-state index in [0.717, 1.165) is 3.57 Å². The second kappa shape index (κ2) is 3.64. The van der Waals surface area contributed by atoms with E-state index in [0.29, 0.717) is 11.4 Å². The smallest absolute Gasteiger partial charge is 0.260 e. The van der Waals surface area contributed by atoms with Crippen LogP contribution in [-0.2, 0) is 0 Å². The van der Waals surface area contributed by atoms with Crippen molar-refractivity contribution in [1.82, 2.24) is 10.1 Å². The van der Waals surface area contributed by atoms with E-state index in [-0.39, 0.29) is 11.7 Å². The number of benzene rings is 1. The van der Waals surface area contributed by atoms with Gasteiger partial charge in [0.15, 0.2) is 5.82 Å². The lowest BCUT2D eigenvalue weighted by atomic mass is 10.2. The summed E-state index contributed by atoms with van der Waals surface area (Å²) in [6.45, 7) is 1.69. The summed E-state index contributed by atoms with van der Waals surface area (Å²) >= 11 is 2.04. The van der Waals surface area contributed by atoms with E-state index in [1.807, 2.05) is 22.6 Å². The Morgan fingerprint density at radius 1 is 1.43 bits per heavy atom. The summed E-state index contributed by atoms with van der Waals surface area (Å²) in [6, 6.07) is 4.85. The van der Waals surface area contributed by atoms with Crippen molar-refractivity contribution in [3.63, 3.8) is 0 Å². The highest BCUT2D eigenvalue weighted by Crippen LogP contribution is 2.22. The fourth-order valence-corrected chi connectivity index (χ4v) is 1.52. The zero-order chi connectivity index (χ0) is 10.1. The van der Waals surface area contributed by atoms with Gasteiger partial charge in [-0.3, -0.25) is 0 Å². The van der Waals surface area contributed by atoms with E-state index >= 15 is 0 Å². The van der Waals surface area contributed by atoms with Crippen LogP contribution in [0.3, 0.4) is 0 Å². The van der Waals surface area contributed by atoms with Crippen LogP contribution >= 0.6 is 22.6 Å². The van der Waals surface area contributed by atoms with E-state index in [1.165, 1.54) is 6.07 Å². The first-order valence-electron chi connectivity index (χ1n) is 3.92. The minimum Gasteiger partial charge on any atom is -0.334 e. The van der Waals surface area contributed by atoms with Crippen LogP contribution in [0.25, 0.3) is 11.5 Å². The maximum atomic E-state index is 13.4. The molecule has 2 aromatic rings. The van der Waals surface area contributed by atoms with Gasteiger partial charge in [-0.1, -0.05) is 5.16 Å². The minimum absolute atomic E-state index is 0.219. The van der Waals surface area contributed by atoms with Gasteiger partial charge in [0.2, 0.25) is 0 Å². The summed E-state index contributed by atoms with van der Waals surface area (Å²) in [6.07, 6.45) is 0. The molecular weight excluding hydrogens is 298 g/mol. The first-order chi connectivity index (χ1) is 6.66. The van der Waals surface area contributed by atoms with Gasteiger partial charge in [-0.2, -0.15) is 4.98 Å². The summed E-state index contributed by atoms with van der Waals surface area (Å²) in [5.74, 6) is 0.370. The standard InChI is InChI=1S/C9H6FIN2O/c1-5-12-9(14-13-5)7-3-2-6(11)4-8(7)10/h2-4H,1H3. The van der Waals surface area contributed by atoms with Crippen molar-refractivity contribution in [2.75, 3.05) is 0 Å². The Morgan fingerprint density at radius 2 is 2.21 bits per heavy atom. The number of aryl methyl sites for hydroxylation is 1. The number of hydrogen-bond donors (Lipinski definition) is 0. The Bertz CT molecular complexity index is 470. The molecule has 0 aliphatic carbocycles. The van der Waals surface area contributed by atoms with Crippen molar-refractivity contribution in [1.29, 1.82) is 0 Å². The van der Waals surface area contributed by atoms with Crippen molar-refractivity contribution >= 4 is 22.6 Å². The van der Waals surface area contributed by atoms with Gasteiger partial charge in [-0.15, -0.1) is 0 Å². The maximum Gasteiger partial charge on any atom is 0.260 e. The fraction of sp³-hybridized carbons (Fsp3) is 0.111. The highest BCUT2D eigenvalue weighted by Gasteiger charge is 2.11. The number of aromatic nitrogens is 2. The van der Waals surface area contributed by atoms with E-state index in [2.05, 4.69) is 10.1 Å². The molecule has 0 unspecified atom stereocenters. The van der Waals surface area contributed by atoms with Gasteiger partial charge in [0.25, 0.3) is 5.89 Å². The second-order valence-electron chi connectivity index (χ2n) is 2.77. The lowest BCUT2D eigenvalue weighted by molar-refractivity contribution is 0.423. The van der Waals surface area contributed by atoms with E-state index in [9.17, 15) is 4.39 Å². The molecule has 0 fully saturated rings. The molecule has 0 aliphatic rings. The molecule has 0 amide bonds. The summed E-state index contributed by atoms with van der Waals surface area (Å²) in [4.78, 5) is 3.95. The van der Waals surface area contributed by atoms with Crippen molar-refractivity contribution < 1.29 is 8.91 Å². The molecule has 0 N–H and O–H groups in total. The molecule has 0 aliphatic heterocycles. The normalized spacial score (nSPS) is 10.5. The summed E-state index contributed by atoms with van der Waals surface area (Å²) in [5.41, 5.74) is 0.339. The first kappa shape index (κ1) is 9.57. The van der Waals surface area contributed by atoms with Crippen LogP contribution < -0.4 is 0 Å². The van der Waals surface area contributed by atoms with Crippen LogP contribution in [-0.4, -0.2) is 10.1 Å². The fourth-order valence-electron chi connectivity index (χ4n) is 1.07. The molecule has 0 bridgehead atoms. The van der Waals surface area contributed by atoms with Crippen LogP contribution in [0.4, 0.5) is 4.39 Å². The predicted octanol–water partition coefficient (Wildman–Crippen LogP) is 2.79. The monoisotopic (exact) mass is 304 g/mol. The third-order valence-corrected chi connectivity index (χ3v) is 2.36. The third kappa shape index (κ3) is 1.77. The van der Waals surface area contributed by atoms with Crippen molar-refractivity contribution in [2.24, 2.45) is 0 Å². The summed E-state index contributed by atoms with van der Waals surface area (Å²) in [7, 11) is 0. The lowest BCUT2D eigenvalue weighted by Crippen LogP contribution is -1.85. The van der Waals surface area contributed by atoms with Crippen LogP contribution in [0, 0.1) is 16.3 Å². The van der Waals surface area contributed by atoms with Crippen LogP contribution in [0.1, 0.15) is 5.82 Å². The van der Waals surface area contributed by atoms with Crippen LogP contribution in [0.15, 0.2) is 22.7 Å². The largest absolute Gasteiger partial charge is 0.334 e. The van der Waals surface area contributed by atoms with Crippen LogP contribution in [0.2, 0.25) is 0 Å². The zero-order valence-corrected chi connectivity index (χ0v) is 9.45. The average Bonchev–Trinajstić information content (AvgIpc) is 2.51. The van der Waals surface area contributed by atoms with Crippen molar-refractivity contribution in [3.8, 4) is 11.5 Å². The molecule has 72 valence electrons. The van der Waals surface area contributed by atoms with Gasteiger partial charge in [0, 0.05) is 3.57 Å². The molecule has 1 heterocycles. The molecule has 1 aromatic carbocycles. The Balaban J connectivity index is 2.52. The quantitative estimate of drug-likeness (QED) is 0.761. The van der Waals surface area contributed by atoms with Gasteiger partial charge in [-0.05, 0) is 47.7 Å². The molecule has 0 atom stereocenters. The Hall–Kier alpha value is -0.980. The lowest BCUT2D eigenvalue weighted by Gasteiger charge is -1.96. The second-order valence-corrected chi connectivity index (χ2v) is 4.02. The highest BCUT2D eigenvalue weighted by atomic mass is 127. The minimum atomic E-state index is -0.347. The predicted molar refractivity (Wildman–Crippen MR) is 57.1 cm³/mol. The average molecular weight is 304 g/mol. The van der Waals surface area contributed by atoms with Gasteiger partial charge in [0.1, 0.15) is 5.82 Å². The number of rotatable bonds is 1. The molecular formula is C9H6FIN2O. The third-order valence-electron chi connectivity index (χ3n) is 1.69. The van der Waals surface area contributed by atoms with Crippen molar-refractivity contribution in [2.45, 2.75) is 6.92 Å². The van der Waals surface area contributed by atoms with Crippen LogP contribution in [0.5, 0.6) is 0 Å². The molecule has 3 nitrogen and oxygen atoms in total. The number of nitrogens with zero attached hydrogens (tertiary/aromatic N) is 2. The molecule has 0 saturated carbocycles. The SMILES string of the molecule is Cc1noc(-c2ccc(I)cc2F)n1. The van der Waals surface area contributed by atoms with E-state index in [4.69, 9.17) is 4.52 Å². The Labute approximate surface area is 93.5 Å². The molecule has 14 heavy (non-hydrogen) atoms. The molecule has 5 heteroatoms. The molecule has 1 aromatic heterocycles. The van der Waals surface area contributed by atoms with Gasteiger partial charge in [-0.25, -0.2) is 4.39 Å². The zero-order valence-electron chi connectivity index (χ0n) is 7.29. The highest BCUT2D eigenvalue weighted by molar-refractivity contribution is 14.1. The topological polar surface area (TPSA) is 38.9 Å². The summed E-state index contributed by atoms with van der Waals surface area (Å²) < 4.78 is 19.1. The maximum absolute atomic E-state index is 13.4. The number of halogens is 2. The molecule has 0 radical (unpaired) electrons. The Kier molecular flexibility index (Phi) is 2.49. The first-order valence-corrected chi connectivity index (χ1v) is 5.00. The van der Waals surface area contributed by atoms with Crippen molar-refractivity contribution in [3.05, 3.63) is 33.4 Å². The number of hydrogen-bond acceptors (Lipinski definition) is 3. The molecule has 0 saturated heterocycles. The molecule has 2 rings (SSSR count). The van der Waals surface area contributed by atoms with E-state index in [1.54, 1.807) is 19.1 Å². The summed E-state index contributed by atoms with van der Waals surface area (Å²) in [5, 5.41) is 3.60. The molecule has 0 spiro atoms. The van der Waals surface area contributed by atoms with Gasteiger partial charge >= 0.3 is 0 Å².